The Morgan fingerprint density at radius 3 is 2.63 bits per heavy atom. The molecule has 2 heterocycles. The zero-order valence-corrected chi connectivity index (χ0v) is 17.0. The van der Waals surface area contributed by atoms with Gasteiger partial charge in [-0.1, -0.05) is 48.0 Å². The lowest BCUT2D eigenvalue weighted by Crippen LogP contribution is -2.18. The monoisotopic (exact) mass is 397 g/mol. The molecule has 0 radical (unpaired) electrons. The lowest BCUT2D eigenvalue weighted by atomic mass is 10.0. The van der Waals surface area contributed by atoms with Crippen molar-refractivity contribution in [3.8, 4) is 11.3 Å². The molecule has 6 heteroatoms. The van der Waals surface area contributed by atoms with E-state index in [2.05, 4.69) is 56.8 Å². The molecule has 2 aromatic carbocycles. The highest BCUT2D eigenvalue weighted by Crippen LogP contribution is 2.22. The van der Waals surface area contributed by atoms with Crippen LogP contribution in [0.5, 0.6) is 0 Å². The van der Waals surface area contributed by atoms with Gasteiger partial charge >= 0.3 is 0 Å². The predicted octanol–water partition coefficient (Wildman–Crippen LogP) is 4.01. The summed E-state index contributed by atoms with van der Waals surface area (Å²) in [5.41, 5.74) is 5.73. The molecular formula is C24H23N5O. The smallest absolute Gasteiger partial charge is 0.251 e. The van der Waals surface area contributed by atoms with Crippen LogP contribution in [0.1, 0.15) is 21.5 Å². The SMILES string of the molecule is CNC(=O)c1ccnc2c(CCNc3cc(-c4ccc(C)cc4)ncn3)cccc12. The van der Waals surface area contributed by atoms with Crippen LogP contribution < -0.4 is 10.6 Å². The minimum atomic E-state index is -0.109. The Morgan fingerprint density at radius 1 is 1.00 bits per heavy atom. The van der Waals surface area contributed by atoms with Crippen molar-refractivity contribution in [1.82, 2.24) is 20.3 Å². The molecule has 2 aromatic heterocycles. The van der Waals surface area contributed by atoms with Gasteiger partial charge < -0.3 is 10.6 Å². The topological polar surface area (TPSA) is 79.8 Å². The number of anilines is 1. The van der Waals surface area contributed by atoms with Crippen LogP contribution in [-0.2, 0) is 6.42 Å². The number of carbonyl (C=O) groups excluding carboxylic acids is 1. The Balaban J connectivity index is 1.50. The third-order valence-corrected chi connectivity index (χ3v) is 5.04. The van der Waals surface area contributed by atoms with Crippen LogP contribution in [0.15, 0.2) is 67.1 Å². The highest BCUT2D eigenvalue weighted by molar-refractivity contribution is 6.06. The Kier molecular flexibility index (Phi) is 5.66. The fourth-order valence-corrected chi connectivity index (χ4v) is 3.43. The molecule has 30 heavy (non-hydrogen) atoms. The molecule has 0 aliphatic heterocycles. The Hall–Kier alpha value is -3.80. The van der Waals surface area contributed by atoms with Gasteiger partial charge in [0.1, 0.15) is 12.1 Å². The number of nitrogens with zero attached hydrogens (tertiary/aromatic N) is 3. The third-order valence-electron chi connectivity index (χ3n) is 5.04. The maximum absolute atomic E-state index is 12.1. The van der Waals surface area contributed by atoms with Crippen molar-refractivity contribution in [3.63, 3.8) is 0 Å². The number of hydrogen-bond donors (Lipinski definition) is 2. The van der Waals surface area contributed by atoms with Crippen molar-refractivity contribution in [2.24, 2.45) is 0 Å². The molecular weight excluding hydrogens is 374 g/mol. The fraction of sp³-hybridized carbons (Fsp3) is 0.167. The van der Waals surface area contributed by atoms with Crippen molar-refractivity contribution in [2.75, 3.05) is 18.9 Å². The van der Waals surface area contributed by atoms with E-state index in [0.717, 1.165) is 40.0 Å². The van der Waals surface area contributed by atoms with Gasteiger partial charge in [0, 0.05) is 36.8 Å². The summed E-state index contributed by atoms with van der Waals surface area (Å²) >= 11 is 0. The van der Waals surface area contributed by atoms with Gasteiger partial charge in [0.2, 0.25) is 0 Å². The van der Waals surface area contributed by atoms with E-state index in [-0.39, 0.29) is 5.91 Å². The van der Waals surface area contributed by atoms with Gasteiger partial charge in [0.25, 0.3) is 5.91 Å². The third kappa shape index (κ3) is 4.12. The second kappa shape index (κ2) is 8.69. The van der Waals surface area contributed by atoms with E-state index in [9.17, 15) is 4.79 Å². The standard InChI is InChI=1S/C24H23N5O/c1-16-6-8-17(9-7-16)21-14-22(29-15-28-21)26-12-10-18-4-3-5-19-20(24(30)25-2)11-13-27-23(18)19/h3-9,11,13-15H,10,12H2,1-2H3,(H,25,30)(H,26,28,29). The molecule has 4 rings (SSSR count). The number of aryl methyl sites for hydroxylation is 1. The van der Waals surface area contributed by atoms with E-state index in [1.807, 2.05) is 24.3 Å². The van der Waals surface area contributed by atoms with Crippen molar-refractivity contribution >= 4 is 22.6 Å². The number of amides is 1. The molecule has 6 nitrogen and oxygen atoms in total. The number of hydrogen-bond acceptors (Lipinski definition) is 5. The molecule has 0 spiro atoms. The normalized spacial score (nSPS) is 10.7. The quantitative estimate of drug-likeness (QED) is 0.514. The van der Waals surface area contributed by atoms with Crippen LogP contribution in [0, 0.1) is 6.92 Å². The zero-order valence-electron chi connectivity index (χ0n) is 17.0. The summed E-state index contributed by atoms with van der Waals surface area (Å²) in [6, 6.07) is 17.9. The summed E-state index contributed by atoms with van der Waals surface area (Å²) in [6.07, 6.45) is 4.01. The van der Waals surface area contributed by atoms with E-state index in [1.165, 1.54) is 5.56 Å². The molecule has 0 saturated carbocycles. The highest BCUT2D eigenvalue weighted by atomic mass is 16.1. The van der Waals surface area contributed by atoms with Crippen LogP contribution >= 0.6 is 0 Å². The molecule has 2 N–H and O–H groups in total. The molecule has 0 atom stereocenters. The first-order valence-corrected chi connectivity index (χ1v) is 9.87. The average molecular weight is 397 g/mol. The Labute approximate surface area is 175 Å². The predicted molar refractivity (Wildman–Crippen MR) is 120 cm³/mol. The van der Waals surface area contributed by atoms with Gasteiger partial charge in [0.15, 0.2) is 0 Å². The minimum Gasteiger partial charge on any atom is -0.370 e. The van der Waals surface area contributed by atoms with Crippen LogP contribution in [0.4, 0.5) is 5.82 Å². The molecule has 0 unspecified atom stereocenters. The number of benzene rings is 2. The Bertz CT molecular complexity index is 1190. The number of carbonyl (C=O) groups is 1. The van der Waals surface area contributed by atoms with E-state index < -0.39 is 0 Å². The number of nitrogens with one attached hydrogen (secondary N) is 2. The van der Waals surface area contributed by atoms with E-state index in [0.29, 0.717) is 12.1 Å². The molecule has 1 amide bonds. The molecule has 0 bridgehead atoms. The molecule has 0 aliphatic rings. The highest BCUT2D eigenvalue weighted by Gasteiger charge is 2.11. The maximum atomic E-state index is 12.1. The lowest BCUT2D eigenvalue weighted by molar-refractivity contribution is 0.0964. The first kappa shape index (κ1) is 19.5. The number of fused-ring (bicyclic) bond motifs is 1. The van der Waals surface area contributed by atoms with Gasteiger partial charge in [-0.3, -0.25) is 9.78 Å². The first-order chi connectivity index (χ1) is 14.7. The lowest BCUT2D eigenvalue weighted by Gasteiger charge is -2.10. The van der Waals surface area contributed by atoms with Crippen molar-refractivity contribution in [2.45, 2.75) is 13.3 Å². The van der Waals surface area contributed by atoms with Gasteiger partial charge in [-0.2, -0.15) is 0 Å². The van der Waals surface area contributed by atoms with Gasteiger partial charge in [-0.25, -0.2) is 9.97 Å². The van der Waals surface area contributed by atoms with Gasteiger partial charge in [-0.05, 0) is 25.0 Å². The van der Waals surface area contributed by atoms with Crippen molar-refractivity contribution < 1.29 is 4.79 Å². The van der Waals surface area contributed by atoms with E-state index in [4.69, 9.17) is 0 Å². The average Bonchev–Trinajstić information content (AvgIpc) is 2.79. The molecule has 4 aromatic rings. The van der Waals surface area contributed by atoms with E-state index in [1.54, 1.807) is 25.6 Å². The molecule has 150 valence electrons. The van der Waals surface area contributed by atoms with E-state index >= 15 is 0 Å². The zero-order chi connectivity index (χ0) is 20.9. The maximum Gasteiger partial charge on any atom is 0.251 e. The van der Waals surface area contributed by atoms with Crippen LogP contribution in [0.3, 0.4) is 0 Å². The molecule has 0 aliphatic carbocycles. The van der Waals surface area contributed by atoms with Crippen LogP contribution in [-0.4, -0.2) is 34.5 Å². The number of rotatable bonds is 6. The summed E-state index contributed by atoms with van der Waals surface area (Å²) in [5, 5.41) is 6.92. The fourth-order valence-electron chi connectivity index (χ4n) is 3.43. The van der Waals surface area contributed by atoms with Gasteiger partial charge in [-0.15, -0.1) is 0 Å². The summed E-state index contributed by atoms with van der Waals surface area (Å²) in [4.78, 5) is 25.4. The largest absolute Gasteiger partial charge is 0.370 e. The van der Waals surface area contributed by atoms with Crippen molar-refractivity contribution in [3.05, 3.63) is 83.8 Å². The summed E-state index contributed by atoms with van der Waals surface area (Å²) < 4.78 is 0. The second-order valence-corrected chi connectivity index (χ2v) is 7.08. The Morgan fingerprint density at radius 2 is 1.83 bits per heavy atom. The number of para-hydroxylation sites is 1. The summed E-state index contributed by atoms with van der Waals surface area (Å²) in [5.74, 6) is 0.669. The molecule has 0 fully saturated rings. The second-order valence-electron chi connectivity index (χ2n) is 7.08. The number of aromatic nitrogens is 3. The summed E-state index contributed by atoms with van der Waals surface area (Å²) in [7, 11) is 1.63. The summed E-state index contributed by atoms with van der Waals surface area (Å²) in [6.45, 7) is 2.76. The van der Waals surface area contributed by atoms with Crippen LogP contribution in [0.2, 0.25) is 0 Å². The van der Waals surface area contributed by atoms with Crippen molar-refractivity contribution in [1.29, 1.82) is 0 Å². The van der Waals surface area contributed by atoms with Crippen LogP contribution in [0.25, 0.3) is 22.2 Å². The first-order valence-electron chi connectivity index (χ1n) is 9.87. The number of pyridine rings is 1. The minimum absolute atomic E-state index is 0.109. The van der Waals surface area contributed by atoms with Gasteiger partial charge in [0.05, 0.1) is 16.8 Å². The molecule has 0 saturated heterocycles.